The van der Waals surface area contributed by atoms with Crippen LogP contribution in [0.3, 0.4) is 0 Å². The largest absolute Gasteiger partial charge is 0.405 e. The lowest BCUT2D eigenvalue weighted by atomic mass is 10.1. The maximum atomic E-state index is 5.23. The van der Waals surface area contributed by atoms with Crippen molar-refractivity contribution in [2.45, 2.75) is 46.0 Å². The van der Waals surface area contributed by atoms with Gasteiger partial charge in [-0.2, -0.15) is 0 Å². The molecule has 0 aromatic heterocycles. The van der Waals surface area contributed by atoms with E-state index in [0.717, 1.165) is 12.8 Å². The molecule has 0 bridgehead atoms. The molecule has 90 valence electrons. The fourth-order valence-corrected chi connectivity index (χ4v) is 1.16. The second-order valence-corrected chi connectivity index (χ2v) is 3.81. The van der Waals surface area contributed by atoms with E-state index in [2.05, 4.69) is 38.1 Å². The minimum Gasteiger partial charge on any atom is -0.405 e. The number of aryl methyl sites for hydroxylation is 1. The third-order valence-corrected chi connectivity index (χ3v) is 2.32. The van der Waals surface area contributed by atoms with Crippen LogP contribution in [0.2, 0.25) is 0 Å². The summed E-state index contributed by atoms with van der Waals surface area (Å²) in [5.74, 6) is 0. The first-order valence-corrected chi connectivity index (χ1v) is 6.25. The maximum absolute atomic E-state index is 5.23. The van der Waals surface area contributed by atoms with Crippen LogP contribution in [0.25, 0.3) is 0 Å². The lowest BCUT2D eigenvalue weighted by molar-refractivity contribution is 0.841. The highest BCUT2D eigenvalue weighted by atomic mass is 14.5. The van der Waals surface area contributed by atoms with Crippen molar-refractivity contribution in [1.29, 1.82) is 0 Å². The van der Waals surface area contributed by atoms with Crippen molar-refractivity contribution in [3.63, 3.8) is 0 Å². The summed E-state index contributed by atoms with van der Waals surface area (Å²) in [4.78, 5) is 0. The summed E-state index contributed by atoms with van der Waals surface area (Å²) in [6, 6.07) is 10.5. The molecule has 0 saturated carbocycles. The van der Waals surface area contributed by atoms with Gasteiger partial charge in [-0.05, 0) is 31.0 Å². The number of nitrogens with two attached hydrogens (primary N) is 1. The number of benzene rings is 1. The monoisotopic (exact) mass is 219 g/mol. The number of rotatable bonds is 5. The zero-order valence-electron chi connectivity index (χ0n) is 10.7. The summed E-state index contributed by atoms with van der Waals surface area (Å²) in [5, 5.41) is 0. The van der Waals surface area contributed by atoms with E-state index in [1.807, 2.05) is 12.1 Å². The van der Waals surface area contributed by atoms with E-state index in [0.29, 0.717) is 0 Å². The number of allylic oxidation sites excluding steroid dienone is 1. The van der Waals surface area contributed by atoms with E-state index in [9.17, 15) is 0 Å². The molecule has 0 fully saturated rings. The molecule has 16 heavy (non-hydrogen) atoms. The summed E-state index contributed by atoms with van der Waals surface area (Å²) in [6.45, 7) is 4.36. The molecule has 0 spiro atoms. The van der Waals surface area contributed by atoms with Gasteiger partial charge < -0.3 is 5.73 Å². The Morgan fingerprint density at radius 2 is 1.69 bits per heavy atom. The van der Waals surface area contributed by atoms with Crippen molar-refractivity contribution in [2.75, 3.05) is 0 Å². The van der Waals surface area contributed by atoms with Crippen LogP contribution in [0.15, 0.2) is 42.6 Å². The first-order chi connectivity index (χ1) is 7.85. The van der Waals surface area contributed by atoms with Gasteiger partial charge in [0.1, 0.15) is 0 Å². The maximum Gasteiger partial charge on any atom is -0.0103 e. The van der Waals surface area contributed by atoms with Crippen molar-refractivity contribution in [3.05, 3.63) is 48.2 Å². The van der Waals surface area contributed by atoms with Gasteiger partial charge in [-0.25, -0.2) is 0 Å². The third-order valence-electron chi connectivity index (χ3n) is 2.32. The van der Waals surface area contributed by atoms with Crippen molar-refractivity contribution < 1.29 is 0 Å². The Balaban J connectivity index is 0.000000487. The Hall–Kier alpha value is -1.24. The summed E-state index contributed by atoms with van der Waals surface area (Å²) >= 11 is 0. The van der Waals surface area contributed by atoms with Gasteiger partial charge >= 0.3 is 0 Å². The second-order valence-electron chi connectivity index (χ2n) is 3.81. The molecule has 0 heterocycles. The molecule has 1 nitrogen and oxygen atoms in total. The zero-order chi connectivity index (χ0) is 12.1. The normalized spacial score (nSPS) is 9.88. The van der Waals surface area contributed by atoms with Gasteiger partial charge in [0.2, 0.25) is 0 Å². The van der Waals surface area contributed by atoms with Crippen molar-refractivity contribution in [3.8, 4) is 0 Å². The van der Waals surface area contributed by atoms with E-state index in [1.165, 1.54) is 24.8 Å². The van der Waals surface area contributed by atoms with Crippen molar-refractivity contribution in [1.82, 2.24) is 0 Å². The molecular weight excluding hydrogens is 194 g/mol. The zero-order valence-corrected chi connectivity index (χ0v) is 10.7. The molecule has 1 heteroatoms. The van der Waals surface area contributed by atoms with Crippen LogP contribution in [0.1, 0.15) is 45.1 Å². The molecule has 2 N–H and O–H groups in total. The van der Waals surface area contributed by atoms with E-state index in [-0.39, 0.29) is 0 Å². The van der Waals surface area contributed by atoms with Crippen LogP contribution in [-0.2, 0) is 6.42 Å². The molecule has 1 rings (SSSR count). The fraction of sp³-hybridized carbons (Fsp3) is 0.467. The lowest BCUT2D eigenvalue weighted by Gasteiger charge is -1.97. The SMILES string of the molecule is CCCC.N/C=C/CCCc1ccccc1. The van der Waals surface area contributed by atoms with E-state index < -0.39 is 0 Å². The van der Waals surface area contributed by atoms with Crippen LogP contribution >= 0.6 is 0 Å². The van der Waals surface area contributed by atoms with Gasteiger partial charge in [0.15, 0.2) is 0 Å². The standard InChI is InChI=1S/C11H15N.C4H10/c12-10-6-2-5-9-11-7-3-1-4-8-11;1-3-4-2/h1,3-4,6-8,10H,2,5,9,12H2;3-4H2,1-2H3/b10-6+;. The van der Waals surface area contributed by atoms with E-state index >= 15 is 0 Å². The van der Waals surface area contributed by atoms with Crippen LogP contribution in [-0.4, -0.2) is 0 Å². The Morgan fingerprint density at radius 3 is 2.19 bits per heavy atom. The van der Waals surface area contributed by atoms with Crippen molar-refractivity contribution in [2.24, 2.45) is 5.73 Å². The molecule has 0 saturated heterocycles. The van der Waals surface area contributed by atoms with Gasteiger partial charge in [-0.15, -0.1) is 0 Å². The van der Waals surface area contributed by atoms with Crippen LogP contribution in [0, 0.1) is 0 Å². The average Bonchev–Trinajstić information content (AvgIpc) is 2.36. The molecule has 0 radical (unpaired) electrons. The molecule has 0 aliphatic carbocycles. The summed E-state index contributed by atoms with van der Waals surface area (Å²) in [5.41, 5.74) is 6.63. The van der Waals surface area contributed by atoms with Gasteiger partial charge in [0.25, 0.3) is 0 Å². The minimum atomic E-state index is 1.07. The molecule has 0 atom stereocenters. The van der Waals surface area contributed by atoms with Crippen molar-refractivity contribution >= 4 is 0 Å². The van der Waals surface area contributed by atoms with E-state index in [1.54, 1.807) is 6.20 Å². The highest BCUT2D eigenvalue weighted by Crippen LogP contribution is 2.04. The number of unbranched alkanes of at least 4 members (excludes halogenated alkanes) is 2. The number of hydrogen-bond donors (Lipinski definition) is 1. The highest BCUT2D eigenvalue weighted by molar-refractivity contribution is 5.14. The molecule has 0 aliphatic heterocycles. The molecule has 0 aliphatic rings. The van der Waals surface area contributed by atoms with Crippen LogP contribution < -0.4 is 5.73 Å². The van der Waals surface area contributed by atoms with Gasteiger partial charge in [0.05, 0.1) is 0 Å². The average molecular weight is 219 g/mol. The first-order valence-electron chi connectivity index (χ1n) is 6.25. The van der Waals surface area contributed by atoms with Crippen LogP contribution in [0.4, 0.5) is 0 Å². The second kappa shape index (κ2) is 11.8. The molecule has 1 aromatic carbocycles. The Kier molecular flexibility index (Phi) is 10.9. The Labute approximate surface area is 100 Å². The predicted molar refractivity (Wildman–Crippen MR) is 73.3 cm³/mol. The summed E-state index contributed by atoms with van der Waals surface area (Å²) in [7, 11) is 0. The fourth-order valence-electron chi connectivity index (χ4n) is 1.16. The van der Waals surface area contributed by atoms with Crippen LogP contribution in [0.5, 0.6) is 0 Å². The molecule has 0 unspecified atom stereocenters. The molecular formula is C15H25N. The Bertz CT molecular complexity index is 249. The molecule has 0 amide bonds. The van der Waals surface area contributed by atoms with Gasteiger partial charge in [-0.3, -0.25) is 0 Å². The summed E-state index contributed by atoms with van der Waals surface area (Å²) < 4.78 is 0. The summed E-state index contributed by atoms with van der Waals surface area (Å²) in [6.07, 6.45) is 9.65. The quantitative estimate of drug-likeness (QED) is 0.735. The smallest absolute Gasteiger partial charge is 0.0103 e. The van der Waals surface area contributed by atoms with Gasteiger partial charge in [0, 0.05) is 0 Å². The van der Waals surface area contributed by atoms with E-state index in [4.69, 9.17) is 5.73 Å². The first kappa shape index (κ1) is 14.8. The minimum absolute atomic E-state index is 1.07. The molecule has 1 aromatic rings. The predicted octanol–water partition coefficient (Wildman–Crippen LogP) is 4.29. The third kappa shape index (κ3) is 9.32. The topological polar surface area (TPSA) is 26.0 Å². The number of hydrogen-bond acceptors (Lipinski definition) is 1. The Morgan fingerprint density at radius 1 is 1.06 bits per heavy atom. The van der Waals surface area contributed by atoms with Gasteiger partial charge in [-0.1, -0.05) is 63.1 Å². The highest BCUT2D eigenvalue weighted by Gasteiger charge is 1.88. The lowest BCUT2D eigenvalue weighted by Crippen LogP contribution is -1.83.